The molecule has 2 rings (SSSR count). The Kier molecular flexibility index (Phi) is 4.40. The molecule has 1 aliphatic heterocycles. The third-order valence-corrected chi connectivity index (χ3v) is 4.13. The number of piperidine rings is 1. The SMILES string of the molecule is CCC1(CN(C)Cc2cnn(C)c2)CCCNC1. The molecule has 1 unspecified atom stereocenters. The Morgan fingerprint density at radius 3 is 2.94 bits per heavy atom. The zero-order valence-corrected chi connectivity index (χ0v) is 11.9. The summed E-state index contributed by atoms with van der Waals surface area (Å²) in [5, 5.41) is 7.79. The fourth-order valence-electron chi connectivity index (χ4n) is 3.07. The van der Waals surface area contributed by atoms with Gasteiger partial charge in [-0.3, -0.25) is 4.68 Å². The van der Waals surface area contributed by atoms with Gasteiger partial charge in [-0.15, -0.1) is 0 Å². The summed E-state index contributed by atoms with van der Waals surface area (Å²) in [7, 11) is 4.20. The molecule has 0 radical (unpaired) electrons. The van der Waals surface area contributed by atoms with E-state index in [2.05, 4.69) is 35.5 Å². The third-order valence-electron chi connectivity index (χ3n) is 4.13. The van der Waals surface area contributed by atoms with Crippen molar-refractivity contribution in [1.82, 2.24) is 20.0 Å². The van der Waals surface area contributed by atoms with Crippen LogP contribution in [0.25, 0.3) is 0 Å². The molecule has 0 amide bonds. The first-order valence-electron chi connectivity index (χ1n) is 7.00. The summed E-state index contributed by atoms with van der Waals surface area (Å²) < 4.78 is 1.88. The highest BCUT2D eigenvalue weighted by molar-refractivity contribution is 5.03. The molecule has 1 saturated heterocycles. The number of nitrogens with zero attached hydrogens (tertiary/aromatic N) is 3. The van der Waals surface area contributed by atoms with Gasteiger partial charge in [0.05, 0.1) is 6.20 Å². The van der Waals surface area contributed by atoms with E-state index in [-0.39, 0.29) is 0 Å². The standard InChI is InChI=1S/C14H26N4/c1-4-14(6-5-7-15-11-14)12-17(2)9-13-8-16-18(3)10-13/h8,10,15H,4-7,9,11-12H2,1-3H3. The first-order valence-corrected chi connectivity index (χ1v) is 7.00. The van der Waals surface area contributed by atoms with Crippen LogP contribution in [0.15, 0.2) is 12.4 Å². The summed E-state index contributed by atoms with van der Waals surface area (Å²) in [5.41, 5.74) is 1.77. The molecule has 1 aromatic heterocycles. The van der Waals surface area contributed by atoms with E-state index in [1.807, 2.05) is 17.9 Å². The van der Waals surface area contributed by atoms with E-state index in [0.717, 1.165) is 6.54 Å². The van der Waals surface area contributed by atoms with Gasteiger partial charge >= 0.3 is 0 Å². The second kappa shape index (κ2) is 5.85. The molecule has 1 atom stereocenters. The molecule has 1 N–H and O–H groups in total. The van der Waals surface area contributed by atoms with Gasteiger partial charge in [-0.2, -0.15) is 5.10 Å². The Hall–Kier alpha value is -0.870. The van der Waals surface area contributed by atoms with Crippen LogP contribution in [0.2, 0.25) is 0 Å². The van der Waals surface area contributed by atoms with Crippen LogP contribution in [0.1, 0.15) is 31.7 Å². The van der Waals surface area contributed by atoms with Crippen molar-refractivity contribution in [3.8, 4) is 0 Å². The van der Waals surface area contributed by atoms with Crippen molar-refractivity contribution in [3.05, 3.63) is 18.0 Å². The number of hydrogen-bond donors (Lipinski definition) is 1. The minimum Gasteiger partial charge on any atom is -0.316 e. The summed E-state index contributed by atoms with van der Waals surface area (Å²) in [6, 6.07) is 0. The Balaban J connectivity index is 1.90. The molecule has 1 aliphatic rings. The average molecular weight is 250 g/mol. The lowest BCUT2D eigenvalue weighted by atomic mass is 9.78. The van der Waals surface area contributed by atoms with Gasteiger partial charge in [0.25, 0.3) is 0 Å². The van der Waals surface area contributed by atoms with Crippen LogP contribution in [-0.4, -0.2) is 41.4 Å². The molecule has 0 aromatic carbocycles. The van der Waals surface area contributed by atoms with E-state index in [1.165, 1.54) is 44.5 Å². The molecule has 0 saturated carbocycles. The molecule has 4 nitrogen and oxygen atoms in total. The van der Waals surface area contributed by atoms with Crippen molar-refractivity contribution in [2.75, 3.05) is 26.7 Å². The number of rotatable bonds is 5. The lowest BCUT2D eigenvalue weighted by Crippen LogP contribution is -2.46. The van der Waals surface area contributed by atoms with Gasteiger partial charge < -0.3 is 10.2 Å². The monoisotopic (exact) mass is 250 g/mol. The zero-order valence-electron chi connectivity index (χ0n) is 11.9. The van der Waals surface area contributed by atoms with Crippen LogP contribution in [-0.2, 0) is 13.6 Å². The van der Waals surface area contributed by atoms with Gasteiger partial charge in [-0.25, -0.2) is 0 Å². The molecule has 0 spiro atoms. The minimum atomic E-state index is 0.467. The molecule has 1 aromatic rings. The molecule has 0 aliphatic carbocycles. The van der Waals surface area contributed by atoms with E-state index >= 15 is 0 Å². The fourth-order valence-corrected chi connectivity index (χ4v) is 3.07. The predicted octanol–water partition coefficient (Wildman–Crippen LogP) is 1.63. The van der Waals surface area contributed by atoms with Crippen molar-refractivity contribution >= 4 is 0 Å². The van der Waals surface area contributed by atoms with Crippen LogP contribution in [0.3, 0.4) is 0 Å². The fraction of sp³-hybridized carbons (Fsp3) is 0.786. The first-order chi connectivity index (χ1) is 8.63. The van der Waals surface area contributed by atoms with E-state index < -0.39 is 0 Å². The van der Waals surface area contributed by atoms with Crippen molar-refractivity contribution in [2.45, 2.75) is 32.7 Å². The minimum absolute atomic E-state index is 0.467. The van der Waals surface area contributed by atoms with E-state index in [9.17, 15) is 0 Å². The maximum absolute atomic E-state index is 4.23. The van der Waals surface area contributed by atoms with Crippen molar-refractivity contribution < 1.29 is 0 Å². The van der Waals surface area contributed by atoms with Crippen LogP contribution < -0.4 is 5.32 Å². The van der Waals surface area contributed by atoms with Gasteiger partial charge in [-0.1, -0.05) is 6.92 Å². The Bertz CT molecular complexity index is 366. The van der Waals surface area contributed by atoms with E-state index in [1.54, 1.807) is 0 Å². The average Bonchev–Trinajstić information content (AvgIpc) is 2.75. The van der Waals surface area contributed by atoms with Gasteiger partial charge in [0.1, 0.15) is 0 Å². The highest BCUT2D eigenvalue weighted by Crippen LogP contribution is 2.31. The zero-order chi connectivity index (χ0) is 13.0. The van der Waals surface area contributed by atoms with Crippen LogP contribution >= 0.6 is 0 Å². The van der Waals surface area contributed by atoms with Gasteiger partial charge in [0.15, 0.2) is 0 Å². The Morgan fingerprint density at radius 1 is 1.56 bits per heavy atom. The predicted molar refractivity (Wildman–Crippen MR) is 74.4 cm³/mol. The normalized spacial score (nSPS) is 24.7. The molecule has 18 heavy (non-hydrogen) atoms. The van der Waals surface area contributed by atoms with Crippen molar-refractivity contribution in [1.29, 1.82) is 0 Å². The number of nitrogens with one attached hydrogen (secondary N) is 1. The largest absolute Gasteiger partial charge is 0.316 e. The summed E-state index contributed by atoms with van der Waals surface area (Å²) >= 11 is 0. The maximum Gasteiger partial charge on any atom is 0.0534 e. The lowest BCUT2D eigenvalue weighted by molar-refractivity contribution is 0.125. The lowest BCUT2D eigenvalue weighted by Gasteiger charge is -2.39. The second-order valence-electron chi connectivity index (χ2n) is 5.83. The van der Waals surface area contributed by atoms with Crippen molar-refractivity contribution in [3.63, 3.8) is 0 Å². The quantitative estimate of drug-likeness (QED) is 0.862. The molecule has 2 heterocycles. The Morgan fingerprint density at radius 2 is 2.39 bits per heavy atom. The van der Waals surface area contributed by atoms with Crippen LogP contribution in [0, 0.1) is 5.41 Å². The van der Waals surface area contributed by atoms with Crippen LogP contribution in [0.5, 0.6) is 0 Å². The second-order valence-corrected chi connectivity index (χ2v) is 5.83. The molecule has 0 bridgehead atoms. The summed E-state index contributed by atoms with van der Waals surface area (Å²) in [6.45, 7) is 6.85. The summed E-state index contributed by atoms with van der Waals surface area (Å²) in [5.74, 6) is 0. The van der Waals surface area contributed by atoms with Crippen molar-refractivity contribution in [2.24, 2.45) is 12.5 Å². The molecular formula is C14H26N4. The topological polar surface area (TPSA) is 33.1 Å². The number of aryl methyl sites for hydroxylation is 1. The first kappa shape index (κ1) is 13.6. The van der Waals surface area contributed by atoms with E-state index in [4.69, 9.17) is 0 Å². The highest BCUT2D eigenvalue weighted by Gasteiger charge is 2.31. The molecule has 4 heteroatoms. The van der Waals surface area contributed by atoms with E-state index in [0.29, 0.717) is 5.41 Å². The maximum atomic E-state index is 4.23. The summed E-state index contributed by atoms with van der Waals surface area (Å²) in [4.78, 5) is 2.44. The third kappa shape index (κ3) is 3.33. The van der Waals surface area contributed by atoms with Crippen LogP contribution in [0.4, 0.5) is 0 Å². The van der Waals surface area contributed by atoms with Gasteiger partial charge in [0, 0.05) is 38.4 Å². The smallest absolute Gasteiger partial charge is 0.0534 e. The molecule has 1 fully saturated rings. The Labute approximate surface area is 110 Å². The summed E-state index contributed by atoms with van der Waals surface area (Å²) in [6.07, 6.45) is 8.00. The number of aromatic nitrogens is 2. The van der Waals surface area contributed by atoms with Gasteiger partial charge in [0.2, 0.25) is 0 Å². The molecular weight excluding hydrogens is 224 g/mol. The highest BCUT2D eigenvalue weighted by atomic mass is 15.2. The number of hydrogen-bond acceptors (Lipinski definition) is 3. The molecule has 102 valence electrons. The van der Waals surface area contributed by atoms with Gasteiger partial charge in [-0.05, 0) is 38.3 Å².